The number of hydrogen-bond acceptors (Lipinski definition) is 6. The molecule has 0 aliphatic carbocycles. The van der Waals surface area contributed by atoms with Crippen molar-refractivity contribution in [2.75, 3.05) is 5.73 Å². The lowest BCUT2D eigenvalue weighted by Gasteiger charge is -2.09. The summed E-state index contributed by atoms with van der Waals surface area (Å²) in [4.78, 5) is 24.9. The molecule has 0 amide bonds. The zero-order chi connectivity index (χ0) is 15.6. The van der Waals surface area contributed by atoms with E-state index in [0.717, 1.165) is 11.6 Å². The minimum atomic E-state index is -1.15. The van der Waals surface area contributed by atoms with Gasteiger partial charge in [-0.25, -0.2) is 4.79 Å². The average Bonchev–Trinajstić information content (AvgIpc) is 2.40. The lowest BCUT2D eigenvalue weighted by molar-refractivity contribution is -0.384. The maximum Gasteiger partial charge on any atom is 0.339 e. The maximum atomic E-state index is 11.2. The highest BCUT2D eigenvalue weighted by atomic mass is 16.6. The summed E-state index contributed by atoms with van der Waals surface area (Å²) < 4.78 is 5.35. The zero-order valence-electron chi connectivity index (χ0n) is 10.9. The van der Waals surface area contributed by atoms with Crippen molar-refractivity contribution in [1.29, 1.82) is 0 Å². The molecule has 1 heterocycles. The van der Waals surface area contributed by atoms with Gasteiger partial charge < -0.3 is 15.6 Å². The molecule has 0 aliphatic rings. The fourth-order valence-electron chi connectivity index (χ4n) is 1.67. The van der Waals surface area contributed by atoms with Crippen molar-refractivity contribution in [3.8, 4) is 11.6 Å². The molecule has 0 saturated heterocycles. The van der Waals surface area contributed by atoms with Crippen LogP contribution in [0.1, 0.15) is 15.9 Å². The first-order valence-corrected chi connectivity index (χ1v) is 5.81. The standard InChI is InChI=1S/C13H11N3O5/c1-7-2-4-10(8(6-7)13(17)18)21-11-5-3-9(16(19)20)12(14)15-11/h2-6H,1H3,(H2,14,15)(H,17,18). The van der Waals surface area contributed by atoms with Crippen molar-refractivity contribution in [1.82, 2.24) is 4.98 Å². The van der Waals surface area contributed by atoms with Gasteiger partial charge in [0.1, 0.15) is 11.3 Å². The summed E-state index contributed by atoms with van der Waals surface area (Å²) in [7, 11) is 0. The van der Waals surface area contributed by atoms with Crippen molar-refractivity contribution in [3.05, 3.63) is 51.6 Å². The first-order valence-electron chi connectivity index (χ1n) is 5.81. The van der Waals surface area contributed by atoms with Crippen molar-refractivity contribution in [3.63, 3.8) is 0 Å². The normalized spacial score (nSPS) is 10.1. The number of hydrogen-bond donors (Lipinski definition) is 2. The quantitative estimate of drug-likeness (QED) is 0.652. The minimum Gasteiger partial charge on any atom is -0.478 e. The van der Waals surface area contributed by atoms with Gasteiger partial charge in [0.2, 0.25) is 11.7 Å². The number of aromatic carboxylic acids is 1. The van der Waals surface area contributed by atoms with Crippen LogP contribution in [0.5, 0.6) is 11.6 Å². The third-order valence-corrected chi connectivity index (χ3v) is 2.65. The fourth-order valence-corrected chi connectivity index (χ4v) is 1.67. The highest BCUT2D eigenvalue weighted by molar-refractivity contribution is 5.91. The number of benzene rings is 1. The monoisotopic (exact) mass is 289 g/mol. The smallest absolute Gasteiger partial charge is 0.339 e. The van der Waals surface area contributed by atoms with Crippen LogP contribution in [0.2, 0.25) is 0 Å². The number of aromatic nitrogens is 1. The van der Waals surface area contributed by atoms with Gasteiger partial charge in [-0.15, -0.1) is 0 Å². The van der Waals surface area contributed by atoms with Gasteiger partial charge in [-0.05, 0) is 19.1 Å². The number of rotatable bonds is 4. The fraction of sp³-hybridized carbons (Fsp3) is 0.0769. The molecule has 0 atom stereocenters. The lowest BCUT2D eigenvalue weighted by Crippen LogP contribution is -2.03. The number of ether oxygens (including phenoxy) is 1. The number of nitrogen functional groups attached to an aromatic ring is 1. The highest BCUT2D eigenvalue weighted by Crippen LogP contribution is 2.28. The number of carboxylic acids is 1. The van der Waals surface area contributed by atoms with Crippen molar-refractivity contribution < 1.29 is 19.6 Å². The van der Waals surface area contributed by atoms with Gasteiger partial charge in [-0.2, -0.15) is 4.98 Å². The largest absolute Gasteiger partial charge is 0.478 e. The van der Waals surface area contributed by atoms with Crippen LogP contribution in [-0.4, -0.2) is 21.0 Å². The number of aryl methyl sites for hydroxylation is 1. The summed E-state index contributed by atoms with van der Waals surface area (Å²) in [6.45, 7) is 1.75. The Labute approximate surface area is 119 Å². The number of carboxylic acid groups (broad SMARTS) is 1. The molecule has 0 radical (unpaired) electrons. The van der Waals surface area contributed by atoms with Crippen molar-refractivity contribution in [2.24, 2.45) is 0 Å². The predicted molar refractivity (Wildman–Crippen MR) is 73.5 cm³/mol. The van der Waals surface area contributed by atoms with E-state index in [0.29, 0.717) is 0 Å². The van der Waals surface area contributed by atoms with E-state index in [1.807, 2.05) is 0 Å². The third-order valence-electron chi connectivity index (χ3n) is 2.65. The number of nitro groups is 1. The molecular weight excluding hydrogens is 278 g/mol. The molecule has 8 heteroatoms. The third kappa shape index (κ3) is 3.06. The van der Waals surface area contributed by atoms with Gasteiger partial charge >= 0.3 is 11.7 Å². The Balaban J connectivity index is 2.37. The van der Waals surface area contributed by atoms with Gasteiger partial charge in [0.15, 0.2) is 0 Å². The molecule has 0 aliphatic heterocycles. The molecule has 108 valence electrons. The summed E-state index contributed by atoms with van der Waals surface area (Å²) in [5.41, 5.74) is 5.83. The Morgan fingerprint density at radius 1 is 1.38 bits per heavy atom. The molecule has 0 fully saturated rings. The van der Waals surface area contributed by atoms with E-state index in [-0.39, 0.29) is 28.7 Å². The van der Waals surface area contributed by atoms with E-state index in [2.05, 4.69) is 4.98 Å². The van der Waals surface area contributed by atoms with Gasteiger partial charge in [-0.3, -0.25) is 10.1 Å². The molecule has 21 heavy (non-hydrogen) atoms. The van der Waals surface area contributed by atoms with E-state index in [1.165, 1.54) is 18.2 Å². The predicted octanol–water partition coefficient (Wildman–Crippen LogP) is 2.37. The molecule has 0 saturated carbocycles. The molecule has 3 N–H and O–H groups in total. The minimum absolute atomic E-state index is 0.0237. The van der Waals surface area contributed by atoms with Crippen LogP contribution >= 0.6 is 0 Å². The van der Waals surface area contributed by atoms with Crippen LogP contribution in [0, 0.1) is 17.0 Å². The van der Waals surface area contributed by atoms with Gasteiger partial charge in [0, 0.05) is 12.1 Å². The molecule has 0 unspecified atom stereocenters. The average molecular weight is 289 g/mol. The molecule has 2 aromatic rings. The van der Waals surface area contributed by atoms with E-state index >= 15 is 0 Å². The van der Waals surface area contributed by atoms with Gasteiger partial charge in [0.05, 0.1) is 4.92 Å². The molecule has 1 aromatic carbocycles. The van der Waals surface area contributed by atoms with Crippen LogP contribution in [-0.2, 0) is 0 Å². The van der Waals surface area contributed by atoms with Gasteiger partial charge in [0.25, 0.3) is 0 Å². The summed E-state index contributed by atoms with van der Waals surface area (Å²) >= 11 is 0. The Kier molecular flexibility index (Phi) is 3.70. The second-order valence-corrected chi connectivity index (χ2v) is 4.22. The second kappa shape index (κ2) is 5.45. The van der Waals surface area contributed by atoms with Crippen LogP contribution in [0.3, 0.4) is 0 Å². The molecule has 2 rings (SSSR count). The summed E-state index contributed by atoms with van der Waals surface area (Å²) in [6.07, 6.45) is 0. The first kappa shape index (κ1) is 14.3. The topological polar surface area (TPSA) is 129 Å². The SMILES string of the molecule is Cc1ccc(Oc2ccc([N+](=O)[O-])c(N)n2)c(C(=O)O)c1. The highest BCUT2D eigenvalue weighted by Gasteiger charge is 2.16. The Morgan fingerprint density at radius 3 is 2.67 bits per heavy atom. The Hall–Kier alpha value is -3.16. The number of carbonyl (C=O) groups is 1. The van der Waals surface area contributed by atoms with Crippen LogP contribution < -0.4 is 10.5 Å². The summed E-state index contributed by atoms with van der Waals surface area (Å²) in [5, 5.41) is 19.8. The molecule has 0 bridgehead atoms. The van der Waals surface area contributed by atoms with Crippen LogP contribution in [0.25, 0.3) is 0 Å². The maximum absolute atomic E-state index is 11.2. The summed E-state index contributed by atoms with van der Waals surface area (Å²) in [6, 6.07) is 7.01. The van der Waals surface area contributed by atoms with Crippen LogP contribution in [0.4, 0.5) is 11.5 Å². The van der Waals surface area contributed by atoms with E-state index < -0.39 is 10.9 Å². The summed E-state index contributed by atoms with van der Waals surface area (Å²) in [5.74, 6) is -1.40. The molecule has 8 nitrogen and oxygen atoms in total. The first-order chi connectivity index (χ1) is 9.88. The number of pyridine rings is 1. The van der Waals surface area contributed by atoms with Crippen molar-refractivity contribution in [2.45, 2.75) is 6.92 Å². The lowest BCUT2D eigenvalue weighted by atomic mass is 10.1. The Bertz CT molecular complexity index is 730. The number of nitrogens with zero attached hydrogens (tertiary/aromatic N) is 2. The van der Waals surface area contributed by atoms with Crippen molar-refractivity contribution >= 4 is 17.5 Å². The molecule has 0 spiro atoms. The number of nitrogens with two attached hydrogens (primary N) is 1. The number of anilines is 1. The van der Waals surface area contributed by atoms with E-state index in [9.17, 15) is 14.9 Å². The molecule has 1 aromatic heterocycles. The van der Waals surface area contributed by atoms with E-state index in [1.54, 1.807) is 13.0 Å². The Morgan fingerprint density at radius 2 is 2.10 bits per heavy atom. The zero-order valence-corrected chi connectivity index (χ0v) is 10.9. The van der Waals surface area contributed by atoms with Gasteiger partial charge in [-0.1, -0.05) is 11.6 Å². The molecular formula is C13H11N3O5. The van der Waals surface area contributed by atoms with E-state index in [4.69, 9.17) is 15.6 Å². The van der Waals surface area contributed by atoms with Crippen LogP contribution in [0.15, 0.2) is 30.3 Å². The second-order valence-electron chi connectivity index (χ2n) is 4.22.